The molecule has 0 fully saturated rings. The van der Waals surface area contributed by atoms with Gasteiger partial charge < -0.3 is 10.3 Å². The van der Waals surface area contributed by atoms with E-state index < -0.39 is 0 Å². The highest BCUT2D eigenvalue weighted by atomic mass is 32.1. The molecular formula is C22H24N2O2S. The molecule has 0 radical (unpaired) electrons. The lowest BCUT2D eigenvalue weighted by molar-refractivity contribution is 0.0938. The van der Waals surface area contributed by atoms with E-state index in [0.29, 0.717) is 16.8 Å². The lowest BCUT2D eigenvalue weighted by atomic mass is 10.0. The third kappa shape index (κ3) is 3.88. The molecule has 0 bridgehead atoms. The number of aromatic nitrogens is 1. The molecule has 1 amide bonds. The number of Topliss-reactive ketones (excluding diaryl/α,β-unsaturated/α-hetero) is 1. The molecule has 5 heteroatoms. The Morgan fingerprint density at radius 2 is 1.85 bits per heavy atom. The molecule has 0 aliphatic rings. The summed E-state index contributed by atoms with van der Waals surface area (Å²) >= 11 is 1.61. The summed E-state index contributed by atoms with van der Waals surface area (Å²) in [6.45, 7) is 7.27. The van der Waals surface area contributed by atoms with Gasteiger partial charge in [-0.05, 0) is 55.3 Å². The van der Waals surface area contributed by atoms with E-state index in [9.17, 15) is 9.59 Å². The first kappa shape index (κ1) is 19.1. The third-order valence-corrected chi connectivity index (χ3v) is 5.78. The molecule has 3 aromatic rings. The topological polar surface area (TPSA) is 62.0 Å². The fourth-order valence-electron chi connectivity index (χ4n) is 3.43. The van der Waals surface area contributed by atoms with Gasteiger partial charge in [0, 0.05) is 16.1 Å². The van der Waals surface area contributed by atoms with E-state index in [1.807, 2.05) is 31.4 Å². The van der Waals surface area contributed by atoms with E-state index in [1.54, 1.807) is 11.3 Å². The van der Waals surface area contributed by atoms with Crippen molar-refractivity contribution in [3.8, 4) is 0 Å². The van der Waals surface area contributed by atoms with Gasteiger partial charge in [-0.3, -0.25) is 9.59 Å². The molecule has 2 N–H and O–H groups in total. The second-order valence-corrected chi connectivity index (χ2v) is 7.68. The number of nitrogens with one attached hydrogen (secondary N) is 2. The molecule has 1 unspecified atom stereocenters. The summed E-state index contributed by atoms with van der Waals surface area (Å²) in [5.74, 6) is -0.244. The minimum absolute atomic E-state index is 0.0368. The highest BCUT2D eigenvalue weighted by molar-refractivity contribution is 7.10. The van der Waals surface area contributed by atoms with Crippen LogP contribution in [0.25, 0.3) is 0 Å². The van der Waals surface area contributed by atoms with Gasteiger partial charge in [0.2, 0.25) is 0 Å². The van der Waals surface area contributed by atoms with Crippen LogP contribution in [-0.2, 0) is 6.42 Å². The number of hydrogen-bond acceptors (Lipinski definition) is 3. The van der Waals surface area contributed by atoms with E-state index in [-0.39, 0.29) is 17.7 Å². The maximum Gasteiger partial charge on any atom is 0.268 e. The predicted octanol–water partition coefficient (Wildman–Crippen LogP) is 4.98. The second-order valence-electron chi connectivity index (χ2n) is 6.70. The predicted molar refractivity (Wildman–Crippen MR) is 110 cm³/mol. The van der Waals surface area contributed by atoms with Crippen LogP contribution in [0.4, 0.5) is 0 Å². The van der Waals surface area contributed by atoms with Crippen molar-refractivity contribution in [1.29, 1.82) is 0 Å². The maximum atomic E-state index is 13.0. The number of carbonyl (C=O) groups excluding carboxylic acids is 2. The fraction of sp³-hybridized carbons (Fsp3) is 0.273. The largest absolute Gasteiger partial charge is 0.354 e. The van der Waals surface area contributed by atoms with Gasteiger partial charge in [0.05, 0.1) is 6.04 Å². The van der Waals surface area contributed by atoms with Crippen molar-refractivity contribution < 1.29 is 9.59 Å². The summed E-state index contributed by atoms with van der Waals surface area (Å²) in [5, 5.41) is 5.15. The summed E-state index contributed by atoms with van der Waals surface area (Å²) < 4.78 is 0. The van der Waals surface area contributed by atoms with Gasteiger partial charge in [0.25, 0.3) is 5.91 Å². The zero-order valence-corrected chi connectivity index (χ0v) is 16.9. The molecule has 1 atom stereocenters. The summed E-state index contributed by atoms with van der Waals surface area (Å²) in [4.78, 5) is 29.0. The zero-order chi connectivity index (χ0) is 19.6. The molecule has 2 aromatic heterocycles. The van der Waals surface area contributed by atoms with Crippen molar-refractivity contribution in [2.24, 2.45) is 0 Å². The van der Waals surface area contributed by atoms with Crippen LogP contribution in [0.5, 0.6) is 0 Å². The van der Waals surface area contributed by atoms with Gasteiger partial charge in [-0.25, -0.2) is 0 Å². The lowest BCUT2D eigenvalue weighted by Crippen LogP contribution is -2.29. The lowest BCUT2D eigenvalue weighted by Gasteiger charge is -2.18. The van der Waals surface area contributed by atoms with Crippen LogP contribution in [-0.4, -0.2) is 16.7 Å². The molecule has 0 aliphatic heterocycles. The highest BCUT2D eigenvalue weighted by Gasteiger charge is 2.24. The van der Waals surface area contributed by atoms with Crippen molar-refractivity contribution in [2.75, 3.05) is 0 Å². The second kappa shape index (κ2) is 7.92. The summed E-state index contributed by atoms with van der Waals surface area (Å²) in [6, 6.07) is 12.1. The molecule has 0 spiro atoms. The number of hydrogen-bond donors (Lipinski definition) is 2. The molecule has 3 rings (SSSR count). The summed E-state index contributed by atoms with van der Waals surface area (Å²) in [6.07, 6.45) is 0.977. The van der Waals surface area contributed by atoms with E-state index >= 15 is 0 Å². The Bertz CT molecular complexity index is 953. The number of amides is 1. The van der Waals surface area contributed by atoms with Gasteiger partial charge in [-0.15, -0.1) is 11.3 Å². The fourth-order valence-corrected chi connectivity index (χ4v) is 4.23. The number of ketones is 1. The number of benzene rings is 1. The van der Waals surface area contributed by atoms with Crippen molar-refractivity contribution in [2.45, 2.75) is 40.2 Å². The minimum atomic E-state index is -0.229. The Morgan fingerprint density at radius 1 is 1.15 bits per heavy atom. The van der Waals surface area contributed by atoms with Crippen LogP contribution in [0.2, 0.25) is 0 Å². The van der Waals surface area contributed by atoms with Crippen molar-refractivity contribution in [1.82, 2.24) is 10.3 Å². The van der Waals surface area contributed by atoms with Gasteiger partial charge in [-0.2, -0.15) is 0 Å². The van der Waals surface area contributed by atoms with Crippen LogP contribution in [0.15, 0.2) is 41.8 Å². The number of carbonyl (C=O) groups is 2. The number of aryl methyl sites for hydroxylation is 2. The van der Waals surface area contributed by atoms with Crippen LogP contribution >= 0.6 is 11.3 Å². The number of aromatic amines is 1. The SMILES string of the molecule is CCc1ccc(C(NC(=O)c2[nH]c(C)c(C(C)=O)c2C)c2cccs2)cc1. The monoisotopic (exact) mass is 380 g/mol. The third-order valence-electron chi connectivity index (χ3n) is 4.84. The standard InChI is InChI=1S/C22H24N2O2S/c1-5-16-8-10-17(11-9-16)21(18-7-6-12-27-18)24-22(26)20-13(2)19(15(4)25)14(3)23-20/h6-12,21,23H,5H2,1-4H3,(H,24,26). The Hall–Kier alpha value is -2.66. The highest BCUT2D eigenvalue weighted by Crippen LogP contribution is 2.27. The van der Waals surface area contributed by atoms with E-state index in [4.69, 9.17) is 0 Å². The average molecular weight is 381 g/mol. The minimum Gasteiger partial charge on any atom is -0.354 e. The van der Waals surface area contributed by atoms with Crippen molar-refractivity contribution >= 4 is 23.0 Å². The maximum absolute atomic E-state index is 13.0. The summed E-state index contributed by atoms with van der Waals surface area (Å²) in [5.41, 5.74) is 4.77. The van der Waals surface area contributed by atoms with Gasteiger partial charge in [0.15, 0.2) is 5.78 Å². The van der Waals surface area contributed by atoms with Crippen LogP contribution < -0.4 is 5.32 Å². The first-order valence-corrected chi connectivity index (χ1v) is 9.93. The smallest absolute Gasteiger partial charge is 0.268 e. The molecule has 4 nitrogen and oxygen atoms in total. The van der Waals surface area contributed by atoms with Crippen LogP contribution in [0, 0.1) is 13.8 Å². The molecule has 1 aromatic carbocycles. The summed E-state index contributed by atoms with van der Waals surface area (Å²) in [7, 11) is 0. The van der Waals surface area contributed by atoms with Gasteiger partial charge >= 0.3 is 0 Å². The molecular weight excluding hydrogens is 356 g/mol. The number of thiophene rings is 1. The molecule has 0 saturated heterocycles. The molecule has 27 heavy (non-hydrogen) atoms. The first-order valence-electron chi connectivity index (χ1n) is 9.05. The molecule has 0 aliphatic carbocycles. The van der Waals surface area contributed by atoms with Crippen molar-refractivity contribution in [3.05, 3.63) is 80.3 Å². The Balaban J connectivity index is 1.94. The first-order chi connectivity index (χ1) is 12.9. The quantitative estimate of drug-likeness (QED) is 0.593. The van der Waals surface area contributed by atoms with E-state index in [2.05, 4.69) is 41.5 Å². The molecule has 0 saturated carbocycles. The van der Waals surface area contributed by atoms with Gasteiger partial charge in [-0.1, -0.05) is 37.3 Å². The molecule has 2 heterocycles. The van der Waals surface area contributed by atoms with Crippen LogP contribution in [0.1, 0.15) is 68.0 Å². The Morgan fingerprint density at radius 3 is 2.37 bits per heavy atom. The van der Waals surface area contributed by atoms with Crippen LogP contribution in [0.3, 0.4) is 0 Å². The Kier molecular flexibility index (Phi) is 5.61. The Labute approximate surface area is 163 Å². The normalized spacial score (nSPS) is 12.0. The number of H-pyrrole nitrogens is 1. The van der Waals surface area contributed by atoms with Gasteiger partial charge in [0.1, 0.15) is 5.69 Å². The molecule has 140 valence electrons. The zero-order valence-electron chi connectivity index (χ0n) is 16.1. The number of rotatable bonds is 6. The van der Waals surface area contributed by atoms with Crippen molar-refractivity contribution in [3.63, 3.8) is 0 Å². The van der Waals surface area contributed by atoms with E-state index in [0.717, 1.165) is 22.6 Å². The average Bonchev–Trinajstić information content (AvgIpc) is 3.27. The van der Waals surface area contributed by atoms with E-state index in [1.165, 1.54) is 12.5 Å².